The Morgan fingerprint density at radius 2 is 1.77 bits per heavy atom. The van der Waals surface area contributed by atoms with Crippen LogP contribution in [0.5, 0.6) is 11.5 Å². The van der Waals surface area contributed by atoms with Crippen LogP contribution in [0.1, 0.15) is 28.8 Å². The van der Waals surface area contributed by atoms with Gasteiger partial charge in [0.1, 0.15) is 22.2 Å². The lowest BCUT2D eigenvalue weighted by Crippen LogP contribution is -2.37. The number of benzene rings is 3. The highest BCUT2D eigenvalue weighted by Gasteiger charge is 2.24. The van der Waals surface area contributed by atoms with E-state index in [-0.39, 0.29) is 34.8 Å². The van der Waals surface area contributed by atoms with E-state index in [4.69, 9.17) is 13.7 Å². The molecule has 4 rings (SSSR count). The Morgan fingerprint density at radius 1 is 1.06 bits per heavy atom. The molecular formula is C26H26FNO6S. The van der Waals surface area contributed by atoms with Crippen molar-refractivity contribution in [3.8, 4) is 11.5 Å². The monoisotopic (exact) mass is 499 g/mol. The zero-order valence-corrected chi connectivity index (χ0v) is 20.0. The molecule has 1 unspecified atom stereocenters. The molecule has 3 aromatic carbocycles. The van der Waals surface area contributed by atoms with Gasteiger partial charge in [0.2, 0.25) is 0 Å². The fourth-order valence-electron chi connectivity index (χ4n) is 3.85. The Morgan fingerprint density at radius 3 is 2.40 bits per heavy atom. The second-order valence-electron chi connectivity index (χ2n) is 8.19. The molecule has 184 valence electrons. The number of nitrogens with zero attached hydrogens (tertiary/aromatic N) is 1. The van der Waals surface area contributed by atoms with Gasteiger partial charge in [-0.1, -0.05) is 18.2 Å². The van der Waals surface area contributed by atoms with Crippen LogP contribution in [0, 0.1) is 5.82 Å². The van der Waals surface area contributed by atoms with Crippen LogP contribution in [0.25, 0.3) is 0 Å². The van der Waals surface area contributed by atoms with Crippen molar-refractivity contribution in [2.24, 2.45) is 0 Å². The number of ether oxygens (including phenoxy) is 2. The Kier molecular flexibility index (Phi) is 7.67. The third kappa shape index (κ3) is 6.37. The number of carbonyl (C=O) groups excluding carboxylic acids is 1. The van der Waals surface area contributed by atoms with E-state index in [1.54, 1.807) is 23.1 Å². The molecule has 1 fully saturated rings. The van der Waals surface area contributed by atoms with Crippen molar-refractivity contribution < 1.29 is 31.3 Å². The zero-order chi connectivity index (χ0) is 24.8. The molecule has 1 saturated heterocycles. The summed E-state index contributed by atoms with van der Waals surface area (Å²) in [5, 5.41) is 0. The summed E-state index contributed by atoms with van der Waals surface area (Å²) in [7, 11) is -2.52. The largest absolute Gasteiger partial charge is 0.497 e. The van der Waals surface area contributed by atoms with Crippen molar-refractivity contribution in [2.75, 3.05) is 20.3 Å². The van der Waals surface area contributed by atoms with Crippen molar-refractivity contribution in [1.82, 2.24) is 4.90 Å². The van der Waals surface area contributed by atoms with Gasteiger partial charge >= 0.3 is 10.1 Å². The molecule has 0 bridgehead atoms. The van der Waals surface area contributed by atoms with Crippen LogP contribution in [0.2, 0.25) is 0 Å². The van der Waals surface area contributed by atoms with E-state index in [9.17, 15) is 17.6 Å². The van der Waals surface area contributed by atoms with Gasteiger partial charge in [-0.2, -0.15) is 8.42 Å². The molecule has 1 aliphatic rings. The van der Waals surface area contributed by atoms with Crippen LogP contribution >= 0.6 is 0 Å². The van der Waals surface area contributed by atoms with E-state index in [0.717, 1.165) is 18.4 Å². The van der Waals surface area contributed by atoms with Gasteiger partial charge in [-0.3, -0.25) is 4.79 Å². The lowest BCUT2D eigenvalue weighted by Gasteiger charge is -2.26. The topological polar surface area (TPSA) is 82.1 Å². The van der Waals surface area contributed by atoms with Gasteiger partial charge in [0.15, 0.2) is 0 Å². The zero-order valence-electron chi connectivity index (χ0n) is 19.2. The minimum absolute atomic E-state index is 0.00538. The van der Waals surface area contributed by atoms with Gasteiger partial charge in [0, 0.05) is 25.3 Å². The number of rotatable bonds is 9. The van der Waals surface area contributed by atoms with Crippen molar-refractivity contribution in [3.63, 3.8) is 0 Å². The molecule has 1 amide bonds. The summed E-state index contributed by atoms with van der Waals surface area (Å²) in [6.07, 6.45) is 1.70. The number of amides is 1. The summed E-state index contributed by atoms with van der Waals surface area (Å²) in [6.45, 7) is 1.28. The number of carbonyl (C=O) groups is 1. The van der Waals surface area contributed by atoms with Crippen LogP contribution in [-0.4, -0.2) is 45.6 Å². The molecule has 1 atom stereocenters. The van der Waals surface area contributed by atoms with Crippen LogP contribution in [0.3, 0.4) is 0 Å². The van der Waals surface area contributed by atoms with E-state index in [2.05, 4.69) is 0 Å². The summed E-state index contributed by atoms with van der Waals surface area (Å²) >= 11 is 0. The predicted octanol–water partition coefficient (Wildman–Crippen LogP) is 4.42. The maximum absolute atomic E-state index is 13.7. The van der Waals surface area contributed by atoms with Gasteiger partial charge in [-0.15, -0.1) is 0 Å². The van der Waals surface area contributed by atoms with E-state index < -0.39 is 15.9 Å². The van der Waals surface area contributed by atoms with Gasteiger partial charge in [0.05, 0.1) is 13.2 Å². The average Bonchev–Trinajstić information content (AvgIpc) is 3.37. The molecule has 0 saturated carbocycles. The maximum atomic E-state index is 13.7. The third-order valence-electron chi connectivity index (χ3n) is 5.66. The number of methoxy groups -OCH3 is 1. The second kappa shape index (κ2) is 10.9. The highest BCUT2D eigenvalue weighted by molar-refractivity contribution is 7.87. The SMILES string of the molecule is COc1ccc(S(=O)(=O)Oc2ccc(CN(CC3CCCO3)C(=O)c3cccc(F)c3)cc2)cc1. The minimum Gasteiger partial charge on any atom is -0.497 e. The second-order valence-corrected chi connectivity index (χ2v) is 9.73. The molecule has 7 nitrogen and oxygen atoms in total. The van der Waals surface area contributed by atoms with E-state index in [1.807, 2.05) is 0 Å². The molecule has 1 heterocycles. The summed E-state index contributed by atoms with van der Waals surface area (Å²) in [5.74, 6) is -0.102. The number of halogens is 1. The van der Waals surface area contributed by atoms with Gasteiger partial charge in [-0.25, -0.2) is 4.39 Å². The Bertz CT molecular complexity index is 1260. The lowest BCUT2D eigenvalue weighted by molar-refractivity contribution is 0.0507. The number of hydrogen-bond donors (Lipinski definition) is 0. The summed E-state index contributed by atoms with van der Waals surface area (Å²) < 4.78 is 54.8. The van der Waals surface area contributed by atoms with Crippen molar-refractivity contribution in [3.05, 3.63) is 89.7 Å². The highest BCUT2D eigenvalue weighted by Crippen LogP contribution is 2.23. The molecule has 35 heavy (non-hydrogen) atoms. The molecule has 0 aromatic heterocycles. The molecule has 1 aliphatic heterocycles. The van der Waals surface area contributed by atoms with E-state index in [1.165, 1.54) is 61.7 Å². The van der Waals surface area contributed by atoms with Crippen LogP contribution < -0.4 is 8.92 Å². The predicted molar refractivity (Wildman–Crippen MR) is 127 cm³/mol. The smallest absolute Gasteiger partial charge is 0.339 e. The van der Waals surface area contributed by atoms with Gasteiger partial charge in [-0.05, 0) is 73.0 Å². The highest BCUT2D eigenvalue weighted by atomic mass is 32.2. The number of hydrogen-bond acceptors (Lipinski definition) is 6. The first-order valence-corrected chi connectivity index (χ1v) is 12.6. The average molecular weight is 500 g/mol. The van der Waals surface area contributed by atoms with E-state index >= 15 is 0 Å². The van der Waals surface area contributed by atoms with E-state index in [0.29, 0.717) is 18.9 Å². The lowest BCUT2D eigenvalue weighted by atomic mass is 10.1. The minimum atomic E-state index is -4.02. The first-order valence-electron chi connectivity index (χ1n) is 11.2. The molecule has 0 N–H and O–H groups in total. The van der Waals surface area contributed by atoms with Crippen LogP contribution in [0.15, 0.2) is 77.7 Å². The molecule has 0 spiro atoms. The summed E-state index contributed by atoms with van der Waals surface area (Å²) in [6, 6.07) is 17.9. The Balaban J connectivity index is 1.48. The Hall–Kier alpha value is -3.43. The standard InChI is InChI=1S/C26H26FNO6S/c1-32-22-11-13-25(14-12-22)35(30,31)34-23-9-7-19(8-10-23)17-28(18-24-6-3-15-33-24)26(29)20-4-2-5-21(27)16-20/h2,4-5,7-14,16,24H,3,6,15,17-18H2,1H3. The Labute approximate surface area is 204 Å². The maximum Gasteiger partial charge on any atom is 0.339 e. The van der Waals surface area contributed by atoms with Crippen molar-refractivity contribution >= 4 is 16.0 Å². The van der Waals surface area contributed by atoms with Gasteiger partial charge in [0.25, 0.3) is 5.91 Å². The third-order valence-corrected chi connectivity index (χ3v) is 6.92. The van der Waals surface area contributed by atoms with Crippen molar-refractivity contribution in [2.45, 2.75) is 30.4 Å². The first-order chi connectivity index (χ1) is 16.8. The molecule has 0 aliphatic carbocycles. The summed E-state index contributed by atoms with van der Waals surface area (Å²) in [4.78, 5) is 14.8. The summed E-state index contributed by atoms with van der Waals surface area (Å²) in [5.41, 5.74) is 1.02. The molecule has 9 heteroatoms. The molecule has 0 radical (unpaired) electrons. The van der Waals surface area contributed by atoms with Crippen molar-refractivity contribution in [1.29, 1.82) is 0 Å². The fourth-order valence-corrected chi connectivity index (χ4v) is 4.78. The first kappa shape index (κ1) is 24.7. The quantitative estimate of drug-likeness (QED) is 0.406. The molecule has 3 aromatic rings. The fraction of sp³-hybridized carbons (Fsp3) is 0.269. The van der Waals surface area contributed by atoms with Crippen LogP contribution in [-0.2, 0) is 21.4 Å². The van der Waals surface area contributed by atoms with Gasteiger partial charge < -0.3 is 18.6 Å². The normalized spacial score (nSPS) is 15.5. The van der Waals surface area contributed by atoms with Crippen LogP contribution in [0.4, 0.5) is 4.39 Å². The molecular weight excluding hydrogens is 473 g/mol.